The topological polar surface area (TPSA) is 42.0 Å². The Bertz CT molecular complexity index is 604. The number of pyridine rings is 1. The highest BCUT2D eigenvalue weighted by molar-refractivity contribution is 9.10. The molecule has 92 valence electrons. The molecule has 0 bridgehead atoms. The zero-order chi connectivity index (χ0) is 13.1. The minimum atomic E-state index is -1.06. The maximum absolute atomic E-state index is 13.0. The number of nitrogens with zero attached hydrogens (tertiary/aromatic N) is 1. The third-order valence-corrected chi connectivity index (χ3v) is 2.58. The van der Waals surface area contributed by atoms with Crippen LogP contribution in [0.1, 0.15) is 10.4 Å². The number of benzene rings is 1. The highest BCUT2D eigenvalue weighted by Crippen LogP contribution is 2.13. The normalized spacial score (nSPS) is 10.2. The summed E-state index contributed by atoms with van der Waals surface area (Å²) in [5, 5.41) is 2.48. The van der Waals surface area contributed by atoms with Gasteiger partial charge in [0, 0.05) is 5.56 Å². The van der Waals surface area contributed by atoms with Gasteiger partial charge in [-0.15, -0.1) is 0 Å². The predicted octanol–water partition coefficient (Wildman–Crippen LogP) is 3.37. The van der Waals surface area contributed by atoms with E-state index in [9.17, 15) is 13.6 Å². The Balaban J connectivity index is 2.19. The van der Waals surface area contributed by atoms with Crippen LogP contribution >= 0.6 is 15.9 Å². The molecule has 0 saturated carbocycles. The number of halogens is 3. The Labute approximate surface area is 110 Å². The number of carbonyl (C=O) groups is 1. The van der Waals surface area contributed by atoms with Gasteiger partial charge in [-0.05, 0) is 46.3 Å². The molecular weight excluding hydrogens is 306 g/mol. The van der Waals surface area contributed by atoms with E-state index in [1.165, 1.54) is 6.07 Å². The lowest BCUT2D eigenvalue weighted by Gasteiger charge is -2.05. The van der Waals surface area contributed by atoms with E-state index < -0.39 is 17.5 Å². The fraction of sp³-hybridized carbons (Fsp3) is 0. The quantitative estimate of drug-likeness (QED) is 0.864. The number of nitrogens with one attached hydrogen (secondary N) is 1. The molecule has 6 heteroatoms. The van der Waals surface area contributed by atoms with E-state index in [-0.39, 0.29) is 5.56 Å². The summed E-state index contributed by atoms with van der Waals surface area (Å²) in [7, 11) is 0. The van der Waals surface area contributed by atoms with Gasteiger partial charge < -0.3 is 5.32 Å². The van der Waals surface area contributed by atoms with Crippen molar-refractivity contribution in [1.82, 2.24) is 4.98 Å². The molecule has 2 rings (SSSR count). The van der Waals surface area contributed by atoms with Crippen LogP contribution in [0.15, 0.2) is 41.0 Å². The monoisotopic (exact) mass is 312 g/mol. The lowest BCUT2D eigenvalue weighted by atomic mass is 10.2. The van der Waals surface area contributed by atoms with Crippen LogP contribution in [-0.4, -0.2) is 10.9 Å². The lowest BCUT2D eigenvalue weighted by Crippen LogP contribution is -2.13. The zero-order valence-corrected chi connectivity index (χ0v) is 10.5. The van der Waals surface area contributed by atoms with Crippen LogP contribution in [0, 0.1) is 11.6 Å². The van der Waals surface area contributed by atoms with E-state index in [1.54, 1.807) is 18.2 Å². The first-order chi connectivity index (χ1) is 8.56. The van der Waals surface area contributed by atoms with E-state index in [0.717, 1.165) is 12.1 Å². The van der Waals surface area contributed by atoms with Crippen LogP contribution in [-0.2, 0) is 0 Å². The average Bonchev–Trinajstić information content (AvgIpc) is 2.32. The van der Waals surface area contributed by atoms with Gasteiger partial charge in [0.15, 0.2) is 11.6 Å². The molecule has 0 fully saturated rings. The second-order valence-electron chi connectivity index (χ2n) is 3.43. The molecule has 3 nitrogen and oxygen atoms in total. The van der Waals surface area contributed by atoms with Gasteiger partial charge in [-0.2, -0.15) is 0 Å². The van der Waals surface area contributed by atoms with Crippen molar-refractivity contribution < 1.29 is 13.6 Å². The molecule has 0 spiro atoms. The van der Waals surface area contributed by atoms with Gasteiger partial charge in [-0.1, -0.05) is 6.07 Å². The van der Waals surface area contributed by atoms with Crippen molar-refractivity contribution in [2.24, 2.45) is 0 Å². The summed E-state index contributed by atoms with van der Waals surface area (Å²) < 4.78 is 26.2. The SMILES string of the molecule is O=C(Nc1cccc(Br)n1)c1ccc(F)c(F)c1. The second kappa shape index (κ2) is 5.22. The molecule has 0 saturated heterocycles. The van der Waals surface area contributed by atoms with Gasteiger partial charge in [0.05, 0.1) is 0 Å². The van der Waals surface area contributed by atoms with Crippen LogP contribution in [0.25, 0.3) is 0 Å². The molecule has 0 aliphatic heterocycles. The van der Waals surface area contributed by atoms with Crippen LogP contribution in [0.4, 0.5) is 14.6 Å². The van der Waals surface area contributed by atoms with Crippen LogP contribution in [0.2, 0.25) is 0 Å². The molecule has 1 aromatic carbocycles. The van der Waals surface area contributed by atoms with Crippen LogP contribution in [0.3, 0.4) is 0 Å². The van der Waals surface area contributed by atoms with Crippen molar-refractivity contribution in [1.29, 1.82) is 0 Å². The minimum absolute atomic E-state index is 0.0238. The van der Waals surface area contributed by atoms with E-state index in [2.05, 4.69) is 26.2 Å². The maximum atomic E-state index is 13.0. The Morgan fingerprint density at radius 1 is 1.17 bits per heavy atom. The number of anilines is 1. The lowest BCUT2D eigenvalue weighted by molar-refractivity contribution is 0.102. The fourth-order valence-corrected chi connectivity index (χ4v) is 1.65. The molecule has 0 aliphatic rings. The Kier molecular flexibility index (Phi) is 3.66. The molecule has 1 heterocycles. The fourth-order valence-electron chi connectivity index (χ4n) is 1.30. The molecule has 0 aliphatic carbocycles. The molecule has 0 radical (unpaired) electrons. The maximum Gasteiger partial charge on any atom is 0.256 e. The Morgan fingerprint density at radius 3 is 2.61 bits per heavy atom. The van der Waals surface area contributed by atoms with Gasteiger partial charge in [0.2, 0.25) is 0 Å². The van der Waals surface area contributed by atoms with Crippen molar-refractivity contribution in [3.63, 3.8) is 0 Å². The van der Waals surface area contributed by atoms with Crippen LogP contribution < -0.4 is 5.32 Å². The van der Waals surface area contributed by atoms with Crippen molar-refractivity contribution in [2.45, 2.75) is 0 Å². The summed E-state index contributed by atoms with van der Waals surface area (Å²) >= 11 is 3.16. The summed E-state index contributed by atoms with van der Waals surface area (Å²) in [6, 6.07) is 7.92. The standard InChI is InChI=1S/C12H7BrF2N2O/c13-10-2-1-3-11(16-10)17-12(18)7-4-5-8(14)9(15)6-7/h1-6H,(H,16,17,18). The largest absolute Gasteiger partial charge is 0.307 e. The van der Waals surface area contributed by atoms with Gasteiger partial charge in [0.1, 0.15) is 10.4 Å². The summed E-state index contributed by atoms with van der Waals surface area (Å²) in [5.41, 5.74) is 0.0238. The molecule has 1 N–H and O–H groups in total. The Morgan fingerprint density at radius 2 is 1.94 bits per heavy atom. The van der Waals surface area contributed by atoms with Gasteiger partial charge >= 0.3 is 0 Å². The van der Waals surface area contributed by atoms with Crippen LogP contribution in [0.5, 0.6) is 0 Å². The van der Waals surface area contributed by atoms with Crippen molar-refractivity contribution in [3.8, 4) is 0 Å². The van der Waals surface area contributed by atoms with Gasteiger partial charge in [-0.25, -0.2) is 13.8 Å². The zero-order valence-electron chi connectivity index (χ0n) is 8.95. The molecule has 1 aromatic heterocycles. The molecule has 2 aromatic rings. The Hall–Kier alpha value is -1.82. The first kappa shape index (κ1) is 12.6. The molecule has 1 amide bonds. The van der Waals surface area contributed by atoms with Crippen molar-refractivity contribution >= 4 is 27.7 Å². The third-order valence-electron chi connectivity index (χ3n) is 2.14. The molecule has 0 atom stereocenters. The summed E-state index contributed by atoms with van der Waals surface area (Å²) in [6.45, 7) is 0. The van der Waals surface area contributed by atoms with E-state index in [0.29, 0.717) is 10.4 Å². The van der Waals surface area contributed by atoms with E-state index in [1.807, 2.05) is 0 Å². The van der Waals surface area contributed by atoms with Crippen molar-refractivity contribution in [3.05, 3.63) is 58.2 Å². The summed E-state index contributed by atoms with van der Waals surface area (Å²) in [4.78, 5) is 15.7. The third kappa shape index (κ3) is 2.89. The minimum Gasteiger partial charge on any atom is -0.307 e. The summed E-state index contributed by atoms with van der Waals surface area (Å²) in [6.07, 6.45) is 0. The molecule has 0 unspecified atom stereocenters. The summed E-state index contributed by atoms with van der Waals surface area (Å²) in [5.74, 6) is -2.30. The number of carbonyl (C=O) groups excluding carboxylic acids is 1. The first-order valence-electron chi connectivity index (χ1n) is 4.95. The number of hydrogen-bond donors (Lipinski definition) is 1. The van der Waals surface area contributed by atoms with Gasteiger partial charge in [0.25, 0.3) is 5.91 Å². The van der Waals surface area contributed by atoms with E-state index >= 15 is 0 Å². The van der Waals surface area contributed by atoms with Gasteiger partial charge in [-0.3, -0.25) is 4.79 Å². The number of amides is 1. The highest BCUT2D eigenvalue weighted by atomic mass is 79.9. The average molecular weight is 313 g/mol. The number of hydrogen-bond acceptors (Lipinski definition) is 2. The predicted molar refractivity (Wildman–Crippen MR) is 66.2 cm³/mol. The molecular formula is C12H7BrF2N2O. The molecule has 18 heavy (non-hydrogen) atoms. The van der Waals surface area contributed by atoms with Crippen molar-refractivity contribution in [2.75, 3.05) is 5.32 Å². The highest BCUT2D eigenvalue weighted by Gasteiger charge is 2.10. The van der Waals surface area contributed by atoms with E-state index in [4.69, 9.17) is 0 Å². The second-order valence-corrected chi connectivity index (χ2v) is 4.24. The number of rotatable bonds is 2. The smallest absolute Gasteiger partial charge is 0.256 e. The first-order valence-corrected chi connectivity index (χ1v) is 5.74. The number of aromatic nitrogens is 1.